The van der Waals surface area contributed by atoms with Gasteiger partial charge in [0.05, 0.1) is 26.8 Å². The van der Waals surface area contributed by atoms with Gasteiger partial charge in [-0.3, -0.25) is 4.79 Å². The van der Waals surface area contributed by atoms with Crippen molar-refractivity contribution in [3.63, 3.8) is 0 Å². The molecule has 2 aliphatic rings. The molecule has 32 heavy (non-hydrogen) atoms. The molecule has 2 aromatic rings. The maximum absolute atomic E-state index is 12.9. The molecular formula is C22H23F2N3O4S. The molecule has 7 nitrogen and oxygen atoms in total. The van der Waals surface area contributed by atoms with Gasteiger partial charge in [0.15, 0.2) is 16.6 Å². The van der Waals surface area contributed by atoms with Crippen molar-refractivity contribution in [1.82, 2.24) is 9.80 Å². The number of carbonyl (C=O) groups excluding carboxylic acids is 1. The zero-order chi connectivity index (χ0) is 22.8. The average Bonchev–Trinajstić information content (AvgIpc) is 2.78. The highest BCUT2D eigenvalue weighted by Crippen LogP contribution is 2.39. The summed E-state index contributed by atoms with van der Waals surface area (Å²) < 4.78 is 39.9. The molecule has 0 radical (unpaired) electrons. The van der Waals surface area contributed by atoms with Crippen molar-refractivity contribution in [1.29, 1.82) is 0 Å². The van der Waals surface area contributed by atoms with Crippen LogP contribution in [0.25, 0.3) is 0 Å². The van der Waals surface area contributed by atoms with Crippen LogP contribution in [0.1, 0.15) is 17.2 Å². The lowest BCUT2D eigenvalue weighted by atomic mass is 9.90. The quantitative estimate of drug-likeness (QED) is 0.682. The monoisotopic (exact) mass is 463 g/mol. The van der Waals surface area contributed by atoms with E-state index in [0.29, 0.717) is 35.4 Å². The molecular weight excluding hydrogens is 440 g/mol. The molecule has 2 heterocycles. The van der Waals surface area contributed by atoms with Crippen molar-refractivity contribution in [2.45, 2.75) is 19.1 Å². The molecule has 1 N–H and O–H groups in total. The Morgan fingerprint density at radius 3 is 2.50 bits per heavy atom. The molecule has 2 aromatic carbocycles. The van der Waals surface area contributed by atoms with Gasteiger partial charge < -0.3 is 29.3 Å². The second kappa shape index (κ2) is 9.15. The number of alkyl halides is 2. The number of rotatable bonds is 5. The van der Waals surface area contributed by atoms with Crippen LogP contribution in [0.4, 0.5) is 14.5 Å². The first kappa shape index (κ1) is 22.1. The minimum Gasteiger partial charge on any atom is -0.493 e. The predicted molar refractivity (Wildman–Crippen MR) is 119 cm³/mol. The summed E-state index contributed by atoms with van der Waals surface area (Å²) >= 11 is 5.54. The van der Waals surface area contributed by atoms with E-state index in [2.05, 4.69) is 10.1 Å². The Labute approximate surface area is 189 Å². The Bertz CT molecular complexity index is 1020. The van der Waals surface area contributed by atoms with Gasteiger partial charge in [0.1, 0.15) is 5.75 Å². The molecule has 1 atom stereocenters. The Balaban J connectivity index is 1.52. The molecule has 10 heteroatoms. The topological polar surface area (TPSA) is 63.3 Å². The van der Waals surface area contributed by atoms with Gasteiger partial charge in [0.2, 0.25) is 5.91 Å². The number of hydrogen-bond acceptors (Lipinski definition) is 5. The Hall–Kier alpha value is -3.14. The number of carbonyl (C=O) groups is 1. The number of piperazine rings is 1. The second-order valence-corrected chi connectivity index (χ2v) is 7.86. The summed E-state index contributed by atoms with van der Waals surface area (Å²) in [5, 5.41) is 3.45. The molecule has 1 amide bonds. The van der Waals surface area contributed by atoms with E-state index >= 15 is 0 Å². The van der Waals surface area contributed by atoms with Crippen LogP contribution in [0.2, 0.25) is 0 Å². The van der Waals surface area contributed by atoms with Gasteiger partial charge in [0, 0.05) is 18.8 Å². The summed E-state index contributed by atoms with van der Waals surface area (Å²) in [6, 6.07) is 9.77. The second-order valence-electron chi connectivity index (χ2n) is 7.47. The van der Waals surface area contributed by atoms with Crippen molar-refractivity contribution in [2.24, 2.45) is 0 Å². The SMILES string of the molecule is COc1cc2c(cc1OC)[C@H]1CN(C(=S)Nc3ccc(OC(F)F)cc3)CC(=O)N1CC2. The third-order valence-corrected chi connectivity index (χ3v) is 6.02. The molecule has 4 rings (SSSR count). The van der Waals surface area contributed by atoms with Gasteiger partial charge in [-0.1, -0.05) is 0 Å². The zero-order valence-corrected chi connectivity index (χ0v) is 18.5. The van der Waals surface area contributed by atoms with Gasteiger partial charge >= 0.3 is 6.61 Å². The van der Waals surface area contributed by atoms with Crippen molar-refractivity contribution >= 4 is 28.9 Å². The van der Waals surface area contributed by atoms with Crippen LogP contribution < -0.4 is 19.5 Å². The number of hydrogen-bond donors (Lipinski definition) is 1. The lowest BCUT2D eigenvalue weighted by Crippen LogP contribution is -2.56. The number of nitrogens with zero attached hydrogens (tertiary/aromatic N) is 2. The molecule has 0 aromatic heterocycles. The van der Waals surface area contributed by atoms with Crippen LogP contribution in [-0.2, 0) is 11.2 Å². The van der Waals surface area contributed by atoms with Crippen molar-refractivity contribution in [2.75, 3.05) is 39.2 Å². The van der Waals surface area contributed by atoms with Gasteiger partial charge in [-0.15, -0.1) is 0 Å². The highest BCUT2D eigenvalue weighted by molar-refractivity contribution is 7.80. The number of thiocarbonyl (C=S) groups is 1. The van der Waals surface area contributed by atoms with E-state index in [1.807, 2.05) is 21.9 Å². The third kappa shape index (κ3) is 4.40. The smallest absolute Gasteiger partial charge is 0.387 e. The Kier molecular flexibility index (Phi) is 6.31. The first-order valence-electron chi connectivity index (χ1n) is 10.0. The van der Waals surface area contributed by atoms with E-state index in [0.717, 1.165) is 17.5 Å². The van der Waals surface area contributed by atoms with Crippen LogP contribution in [0.15, 0.2) is 36.4 Å². The van der Waals surface area contributed by atoms with E-state index in [1.54, 1.807) is 26.4 Å². The van der Waals surface area contributed by atoms with Gasteiger partial charge in [-0.25, -0.2) is 0 Å². The van der Waals surface area contributed by atoms with Gasteiger partial charge in [-0.2, -0.15) is 8.78 Å². The largest absolute Gasteiger partial charge is 0.493 e. The summed E-state index contributed by atoms with van der Waals surface area (Å²) in [7, 11) is 3.18. The van der Waals surface area contributed by atoms with Crippen LogP contribution in [0.5, 0.6) is 17.2 Å². The first-order valence-corrected chi connectivity index (χ1v) is 10.5. The molecule has 1 saturated heterocycles. The molecule has 0 spiro atoms. The van der Waals surface area contributed by atoms with E-state index in [1.165, 1.54) is 12.1 Å². The molecule has 0 unspecified atom stereocenters. The van der Waals surface area contributed by atoms with Crippen molar-refractivity contribution in [3.05, 3.63) is 47.5 Å². The highest BCUT2D eigenvalue weighted by Gasteiger charge is 2.38. The number of methoxy groups -OCH3 is 2. The molecule has 0 aliphatic carbocycles. The van der Waals surface area contributed by atoms with Gasteiger partial charge in [-0.05, 0) is 66.2 Å². The lowest BCUT2D eigenvalue weighted by Gasteiger charge is -2.45. The number of halogens is 2. The maximum Gasteiger partial charge on any atom is 0.387 e. The van der Waals surface area contributed by atoms with E-state index in [4.69, 9.17) is 21.7 Å². The number of nitrogens with one attached hydrogen (secondary N) is 1. The van der Waals surface area contributed by atoms with E-state index in [-0.39, 0.29) is 24.2 Å². The van der Waals surface area contributed by atoms with Crippen LogP contribution in [0.3, 0.4) is 0 Å². The van der Waals surface area contributed by atoms with Crippen LogP contribution in [-0.4, -0.2) is 61.3 Å². The van der Waals surface area contributed by atoms with E-state index in [9.17, 15) is 13.6 Å². The number of amides is 1. The van der Waals surface area contributed by atoms with E-state index < -0.39 is 6.61 Å². The summed E-state index contributed by atoms with van der Waals surface area (Å²) in [6.45, 7) is -1.57. The summed E-state index contributed by atoms with van der Waals surface area (Å²) in [5.74, 6) is 1.33. The lowest BCUT2D eigenvalue weighted by molar-refractivity contribution is -0.138. The summed E-state index contributed by atoms with van der Waals surface area (Å²) in [6.07, 6.45) is 0.744. The van der Waals surface area contributed by atoms with Crippen LogP contribution >= 0.6 is 12.2 Å². The van der Waals surface area contributed by atoms with Gasteiger partial charge in [0.25, 0.3) is 0 Å². The van der Waals surface area contributed by atoms with Crippen molar-refractivity contribution in [3.8, 4) is 17.2 Å². The standard InChI is InChI=1S/C22H23F2N3O4S/c1-29-18-9-13-7-8-27-17(16(13)10-19(18)30-2)11-26(12-20(27)28)22(32)25-14-3-5-15(6-4-14)31-21(23)24/h3-6,9-10,17,21H,7-8,11-12H2,1-2H3,(H,25,32)/t17-/m1/s1. The fourth-order valence-corrected chi connectivity index (χ4v) is 4.38. The summed E-state index contributed by atoms with van der Waals surface area (Å²) in [5.41, 5.74) is 2.75. The molecule has 170 valence electrons. The van der Waals surface area contributed by atoms with Crippen molar-refractivity contribution < 1.29 is 27.8 Å². The fourth-order valence-electron chi connectivity index (χ4n) is 4.13. The number of anilines is 1. The Morgan fingerprint density at radius 2 is 1.84 bits per heavy atom. The summed E-state index contributed by atoms with van der Waals surface area (Å²) in [4.78, 5) is 16.6. The highest BCUT2D eigenvalue weighted by atomic mass is 32.1. The maximum atomic E-state index is 12.9. The Morgan fingerprint density at radius 1 is 1.16 bits per heavy atom. The fraction of sp³-hybridized carbons (Fsp3) is 0.364. The normalized spacial score (nSPS) is 17.5. The van der Waals surface area contributed by atoms with Crippen LogP contribution in [0, 0.1) is 0 Å². The minimum absolute atomic E-state index is 0.00786. The molecule has 0 saturated carbocycles. The zero-order valence-electron chi connectivity index (χ0n) is 17.6. The molecule has 1 fully saturated rings. The predicted octanol–water partition coefficient (Wildman–Crippen LogP) is 3.44. The first-order chi connectivity index (χ1) is 15.4. The number of fused-ring (bicyclic) bond motifs is 3. The number of ether oxygens (including phenoxy) is 3. The minimum atomic E-state index is -2.88. The average molecular weight is 464 g/mol. The number of benzene rings is 2. The third-order valence-electron chi connectivity index (χ3n) is 5.66. The molecule has 2 aliphatic heterocycles. The molecule has 0 bridgehead atoms.